The predicted molar refractivity (Wildman–Crippen MR) is 102 cm³/mol. The smallest absolute Gasteiger partial charge is 0.194 e. The first-order chi connectivity index (χ1) is 12.7. The molecule has 0 saturated carbocycles. The molecule has 6 nitrogen and oxygen atoms in total. The van der Waals surface area contributed by atoms with Gasteiger partial charge < -0.3 is 14.7 Å². The van der Waals surface area contributed by atoms with Crippen molar-refractivity contribution in [1.29, 1.82) is 0 Å². The molecule has 3 rings (SSSR count). The lowest BCUT2D eigenvalue weighted by molar-refractivity contribution is 0.169. The molecule has 0 amide bonds. The molecule has 1 saturated heterocycles. The van der Waals surface area contributed by atoms with Gasteiger partial charge in [-0.3, -0.25) is 9.89 Å². The number of nitrogens with one attached hydrogen (secondary N) is 1. The normalized spacial score (nSPS) is 16.1. The highest BCUT2D eigenvalue weighted by atomic mass is 32.2. The summed E-state index contributed by atoms with van der Waals surface area (Å²) in [6.45, 7) is 5.00. The number of piperazine rings is 1. The number of halogens is 1. The van der Waals surface area contributed by atoms with E-state index in [1.165, 1.54) is 6.07 Å². The van der Waals surface area contributed by atoms with Gasteiger partial charge in [0, 0.05) is 57.3 Å². The van der Waals surface area contributed by atoms with E-state index >= 15 is 0 Å². The highest BCUT2D eigenvalue weighted by Gasteiger charge is 2.20. The topological polar surface area (TPSA) is 56.9 Å². The zero-order valence-electron chi connectivity index (χ0n) is 15.1. The molecule has 0 bridgehead atoms. The average molecular weight is 377 g/mol. The Morgan fingerprint density at radius 2 is 2.12 bits per heavy atom. The maximum atomic E-state index is 13.5. The summed E-state index contributed by atoms with van der Waals surface area (Å²) in [4.78, 5) is 10.0. The minimum Gasteiger partial charge on any atom is -0.364 e. The van der Waals surface area contributed by atoms with Gasteiger partial charge in [-0.15, -0.1) is 11.8 Å². The van der Waals surface area contributed by atoms with Crippen LogP contribution in [0.3, 0.4) is 0 Å². The van der Waals surface area contributed by atoms with Crippen molar-refractivity contribution >= 4 is 17.7 Å². The molecule has 0 spiro atoms. The first-order valence-electron chi connectivity index (χ1n) is 8.59. The molecule has 0 atom stereocenters. The Balaban J connectivity index is 1.53. The van der Waals surface area contributed by atoms with Gasteiger partial charge in [0.1, 0.15) is 12.1 Å². The van der Waals surface area contributed by atoms with Crippen LogP contribution in [0.25, 0.3) is 0 Å². The molecule has 1 aliphatic heterocycles. The third-order valence-corrected chi connectivity index (χ3v) is 5.28. The van der Waals surface area contributed by atoms with E-state index < -0.39 is 0 Å². The number of rotatable bonds is 5. The fraction of sp³-hybridized carbons (Fsp3) is 0.444. The lowest BCUT2D eigenvalue weighted by Gasteiger charge is -2.36. The SMILES string of the molecule is CN=C(NCc1cc(F)ccc1SC)N1CCN(Cc2ccon2)CC1. The molecule has 2 heterocycles. The van der Waals surface area contributed by atoms with E-state index in [1.807, 2.05) is 18.4 Å². The summed E-state index contributed by atoms with van der Waals surface area (Å²) in [6, 6.07) is 6.80. The zero-order valence-corrected chi connectivity index (χ0v) is 15.9. The van der Waals surface area contributed by atoms with E-state index in [2.05, 4.69) is 25.3 Å². The van der Waals surface area contributed by atoms with Crippen LogP contribution in [0.5, 0.6) is 0 Å². The number of guanidine groups is 1. The first kappa shape index (κ1) is 18.7. The summed E-state index contributed by atoms with van der Waals surface area (Å²) in [7, 11) is 1.78. The molecule has 1 aromatic heterocycles. The second-order valence-electron chi connectivity index (χ2n) is 6.11. The molecule has 1 fully saturated rings. The number of hydrogen-bond donors (Lipinski definition) is 1. The van der Waals surface area contributed by atoms with Crippen LogP contribution in [0.1, 0.15) is 11.3 Å². The Bertz CT molecular complexity index is 729. The number of nitrogens with zero attached hydrogens (tertiary/aromatic N) is 4. The molecule has 1 aliphatic rings. The molecule has 1 N–H and O–H groups in total. The van der Waals surface area contributed by atoms with E-state index in [0.717, 1.165) is 54.8 Å². The minimum absolute atomic E-state index is 0.212. The Hall–Kier alpha value is -2.06. The van der Waals surface area contributed by atoms with Gasteiger partial charge in [0.2, 0.25) is 0 Å². The van der Waals surface area contributed by atoms with Crippen LogP contribution in [0.15, 0.2) is 44.9 Å². The van der Waals surface area contributed by atoms with Gasteiger partial charge in [-0.05, 0) is 30.0 Å². The van der Waals surface area contributed by atoms with Gasteiger partial charge in [0.25, 0.3) is 0 Å². The number of hydrogen-bond acceptors (Lipinski definition) is 5. The summed E-state index contributed by atoms with van der Waals surface area (Å²) in [5.74, 6) is 0.637. The molecule has 0 unspecified atom stereocenters. The van der Waals surface area contributed by atoms with Crippen LogP contribution in [-0.4, -0.2) is 60.4 Å². The van der Waals surface area contributed by atoms with Gasteiger partial charge in [0.05, 0.1) is 5.69 Å². The van der Waals surface area contributed by atoms with E-state index in [0.29, 0.717) is 6.54 Å². The van der Waals surface area contributed by atoms with Crippen molar-refractivity contribution in [2.45, 2.75) is 18.0 Å². The minimum atomic E-state index is -0.212. The molecule has 0 aliphatic carbocycles. The maximum Gasteiger partial charge on any atom is 0.194 e. The second-order valence-corrected chi connectivity index (χ2v) is 6.96. The summed E-state index contributed by atoms with van der Waals surface area (Å²) in [5.41, 5.74) is 1.90. The second kappa shape index (κ2) is 9.05. The highest BCUT2D eigenvalue weighted by molar-refractivity contribution is 7.98. The number of thioether (sulfide) groups is 1. The van der Waals surface area contributed by atoms with Gasteiger partial charge in [-0.2, -0.15) is 0 Å². The molecule has 1 aromatic carbocycles. The quantitative estimate of drug-likeness (QED) is 0.491. The highest BCUT2D eigenvalue weighted by Crippen LogP contribution is 2.21. The van der Waals surface area contributed by atoms with Crippen molar-refractivity contribution in [2.75, 3.05) is 39.5 Å². The van der Waals surface area contributed by atoms with Crippen molar-refractivity contribution in [3.8, 4) is 0 Å². The molecule has 0 radical (unpaired) electrons. The third kappa shape index (κ3) is 4.76. The summed E-state index contributed by atoms with van der Waals surface area (Å²) in [5, 5.41) is 7.34. The van der Waals surface area contributed by atoms with Crippen LogP contribution < -0.4 is 5.32 Å². The summed E-state index contributed by atoms with van der Waals surface area (Å²) < 4.78 is 18.4. The lowest BCUT2D eigenvalue weighted by Crippen LogP contribution is -2.52. The fourth-order valence-corrected chi connectivity index (χ4v) is 3.66. The van der Waals surface area contributed by atoms with Crippen molar-refractivity contribution in [1.82, 2.24) is 20.3 Å². The van der Waals surface area contributed by atoms with Crippen LogP contribution >= 0.6 is 11.8 Å². The molecular weight excluding hydrogens is 353 g/mol. The van der Waals surface area contributed by atoms with Crippen molar-refractivity contribution in [3.63, 3.8) is 0 Å². The summed E-state index contributed by atoms with van der Waals surface area (Å²) in [6.07, 6.45) is 3.60. The number of benzene rings is 1. The van der Waals surface area contributed by atoms with Crippen LogP contribution in [0.2, 0.25) is 0 Å². The predicted octanol–water partition coefficient (Wildman–Crippen LogP) is 2.43. The monoisotopic (exact) mass is 377 g/mol. The number of aromatic nitrogens is 1. The fourth-order valence-electron chi connectivity index (χ4n) is 3.06. The molecule has 2 aromatic rings. The van der Waals surface area contributed by atoms with E-state index in [1.54, 1.807) is 31.1 Å². The van der Waals surface area contributed by atoms with Crippen molar-refractivity contribution in [2.24, 2.45) is 4.99 Å². The molecular formula is C18H24FN5OS. The Morgan fingerprint density at radius 1 is 1.31 bits per heavy atom. The average Bonchev–Trinajstić information content (AvgIpc) is 3.17. The molecule has 140 valence electrons. The van der Waals surface area contributed by atoms with E-state index in [4.69, 9.17) is 4.52 Å². The maximum absolute atomic E-state index is 13.5. The van der Waals surface area contributed by atoms with Crippen LogP contribution in [0.4, 0.5) is 4.39 Å². The Kier molecular flexibility index (Phi) is 6.51. The van der Waals surface area contributed by atoms with Gasteiger partial charge in [0.15, 0.2) is 5.96 Å². The van der Waals surface area contributed by atoms with Gasteiger partial charge in [-0.1, -0.05) is 5.16 Å². The Morgan fingerprint density at radius 3 is 2.77 bits per heavy atom. The van der Waals surface area contributed by atoms with Crippen molar-refractivity contribution in [3.05, 3.63) is 47.6 Å². The lowest BCUT2D eigenvalue weighted by atomic mass is 10.2. The van der Waals surface area contributed by atoms with Crippen molar-refractivity contribution < 1.29 is 8.91 Å². The number of aliphatic imine (C=N–C) groups is 1. The van der Waals surface area contributed by atoms with E-state index in [9.17, 15) is 4.39 Å². The van der Waals surface area contributed by atoms with Crippen LogP contribution in [-0.2, 0) is 13.1 Å². The largest absolute Gasteiger partial charge is 0.364 e. The standard InChI is InChI=1S/C18H24FN5OS/c1-20-18(21-12-14-11-15(19)3-4-17(14)26-2)24-8-6-23(7-9-24)13-16-5-10-25-22-16/h3-5,10-11H,6-9,12-13H2,1-2H3,(H,20,21). The first-order valence-corrected chi connectivity index (χ1v) is 9.81. The third-order valence-electron chi connectivity index (χ3n) is 4.44. The summed E-state index contributed by atoms with van der Waals surface area (Å²) >= 11 is 1.62. The van der Waals surface area contributed by atoms with Gasteiger partial charge >= 0.3 is 0 Å². The molecule has 26 heavy (non-hydrogen) atoms. The van der Waals surface area contributed by atoms with Gasteiger partial charge in [-0.25, -0.2) is 4.39 Å². The van der Waals surface area contributed by atoms with E-state index in [-0.39, 0.29) is 5.82 Å². The zero-order chi connectivity index (χ0) is 18.4. The van der Waals surface area contributed by atoms with Crippen LogP contribution in [0, 0.1) is 5.82 Å². The Labute approximate surface area is 157 Å². The molecule has 8 heteroatoms.